The Hall–Kier alpha value is -1.31. The molecule has 2 aromatic carbocycles. The lowest BCUT2D eigenvalue weighted by Crippen LogP contribution is -2.34. The molecule has 4 nitrogen and oxygen atoms in total. The summed E-state index contributed by atoms with van der Waals surface area (Å²) < 4.78 is 0.791. The minimum atomic E-state index is -0.242. The zero-order valence-electron chi connectivity index (χ0n) is 11.1. The van der Waals surface area contributed by atoms with E-state index >= 15 is 0 Å². The van der Waals surface area contributed by atoms with Gasteiger partial charge in [-0.15, -0.1) is 0 Å². The Labute approximate surface area is 141 Å². The van der Waals surface area contributed by atoms with Crippen molar-refractivity contribution in [3.05, 3.63) is 56.6 Å². The van der Waals surface area contributed by atoms with E-state index < -0.39 is 0 Å². The van der Waals surface area contributed by atoms with Gasteiger partial charge in [0.25, 0.3) is 5.91 Å². The molecule has 21 heavy (non-hydrogen) atoms. The van der Waals surface area contributed by atoms with E-state index in [0.717, 1.165) is 3.57 Å². The number of hydrogen-bond donors (Lipinski definition) is 2. The number of carbonyl (C=O) groups is 1. The third-order valence-corrected chi connectivity index (χ3v) is 4.13. The largest absolute Gasteiger partial charge is 0.397 e. The van der Waals surface area contributed by atoms with Crippen molar-refractivity contribution >= 4 is 51.5 Å². The average molecular weight is 417 g/mol. The quantitative estimate of drug-likeness (QED) is 0.594. The number of aliphatic hydroxyl groups is 1. The van der Waals surface area contributed by atoms with Crippen molar-refractivity contribution in [3.8, 4) is 0 Å². The second kappa shape index (κ2) is 7.11. The number of nitrogens with two attached hydrogens (primary N) is 1. The van der Waals surface area contributed by atoms with Gasteiger partial charge in [-0.25, -0.2) is 0 Å². The van der Waals surface area contributed by atoms with Crippen LogP contribution >= 0.6 is 34.2 Å². The molecule has 0 heterocycles. The van der Waals surface area contributed by atoms with Gasteiger partial charge in [0.05, 0.1) is 23.5 Å². The summed E-state index contributed by atoms with van der Waals surface area (Å²) in [5, 5.41) is 9.74. The Morgan fingerprint density at radius 1 is 1.29 bits per heavy atom. The first-order chi connectivity index (χ1) is 10.0. The van der Waals surface area contributed by atoms with Gasteiger partial charge >= 0.3 is 0 Å². The minimum Gasteiger partial charge on any atom is -0.397 e. The predicted octanol–water partition coefficient (Wildman–Crippen LogP) is 3.17. The van der Waals surface area contributed by atoms with Gasteiger partial charge in [-0.3, -0.25) is 4.79 Å². The van der Waals surface area contributed by atoms with Crippen molar-refractivity contribution in [1.29, 1.82) is 0 Å². The van der Waals surface area contributed by atoms with E-state index in [-0.39, 0.29) is 19.1 Å². The lowest BCUT2D eigenvalue weighted by molar-refractivity contribution is 0.0980. The summed E-state index contributed by atoms with van der Waals surface area (Å²) in [6, 6.07) is 12.2. The molecule has 0 aliphatic heterocycles. The molecule has 0 spiro atoms. The van der Waals surface area contributed by atoms with Gasteiger partial charge in [-0.2, -0.15) is 0 Å². The fourth-order valence-electron chi connectivity index (χ4n) is 1.97. The van der Waals surface area contributed by atoms with E-state index in [0.29, 0.717) is 22.0 Å². The molecule has 110 valence electrons. The van der Waals surface area contributed by atoms with Gasteiger partial charge in [0.15, 0.2) is 0 Å². The zero-order chi connectivity index (χ0) is 15.4. The highest BCUT2D eigenvalue weighted by molar-refractivity contribution is 14.1. The van der Waals surface area contributed by atoms with Crippen molar-refractivity contribution in [3.63, 3.8) is 0 Å². The van der Waals surface area contributed by atoms with E-state index in [1.165, 1.54) is 4.90 Å². The van der Waals surface area contributed by atoms with Crippen LogP contribution in [0.1, 0.15) is 10.4 Å². The highest BCUT2D eigenvalue weighted by Gasteiger charge is 2.21. The van der Waals surface area contributed by atoms with E-state index in [4.69, 9.17) is 17.3 Å². The number of halogens is 2. The first-order valence-electron chi connectivity index (χ1n) is 6.27. The summed E-state index contributed by atoms with van der Waals surface area (Å²) in [5.74, 6) is -0.242. The van der Waals surface area contributed by atoms with Gasteiger partial charge in [0.1, 0.15) is 0 Å². The second-order valence-electron chi connectivity index (χ2n) is 4.36. The Morgan fingerprint density at radius 3 is 2.67 bits per heavy atom. The molecule has 2 rings (SSSR count). The number of rotatable bonds is 4. The van der Waals surface area contributed by atoms with Crippen LogP contribution in [0, 0.1) is 3.57 Å². The van der Waals surface area contributed by atoms with Crippen LogP contribution in [0.2, 0.25) is 5.02 Å². The number of nitrogen functional groups attached to an aromatic ring is 1. The molecule has 0 fully saturated rings. The molecule has 0 saturated heterocycles. The Balaban J connectivity index is 2.45. The van der Waals surface area contributed by atoms with E-state index in [9.17, 15) is 9.90 Å². The van der Waals surface area contributed by atoms with Crippen molar-refractivity contribution in [2.45, 2.75) is 0 Å². The van der Waals surface area contributed by atoms with Crippen molar-refractivity contribution in [2.24, 2.45) is 0 Å². The maximum absolute atomic E-state index is 12.8. The molecule has 3 N–H and O–H groups in total. The van der Waals surface area contributed by atoms with Crippen molar-refractivity contribution in [2.75, 3.05) is 23.8 Å². The monoisotopic (exact) mass is 416 g/mol. The lowest BCUT2D eigenvalue weighted by atomic mass is 10.1. The average Bonchev–Trinajstić information content (AvgIpc) is 2.47. The van der Waals surface area contributed by atoms with Crippen LogP contribution in [0.25, 0.3) is 0 Å². The lowest BCUT2D eigenvalue weighted by Gasteiger charge is -2.24. The zero-order valence-corrected chi connectivity index (χ0v) is 14.0. The molecule has 0 radical (unpaired) electrons. The van der Waals surface area contributed by atoms with Crippen molar-refractivity contribution in [1.82, 2.24) is 0 Å². The summed E-state index contributed by atoms with van der Waals surface area (Å²) in [4.78, 5) is 14.2. The molecule has 2 aromatic rings. The topological polar surface area (TPSA) is 66.6 Å². The first-order valence-corrected chi connectivity index (χ1v) is 7.72. The summed E-state index contributed by atoms with van der Waals surface area (Å²) in [7, 11) is 0. The smallest absolute Gasteiger partial charge is 0.259 e. The molecule has 0 aliphatic carbocycles. The number of benzene rings is 2. The van der Waals surface area contributed by atoms with Crippen LogP contribution in [-0.4, -0.2) is 24.2 Å². The number of nitrogens with zero attached hydrogens (tertiary/aromatic N) is 1. The molecule has 0 saturated carbocycles. The standard InChI is InChI=1S/C15H14ClIN2O2/c16-10-5-6-12(17)11(9-10)15(21)19(7-8-20)14-4-2-1-3-13(14)18/h1-6,9,20H,7-8,18H2. The Kier molecular flexibility index (Phi) is 5.44. The first kappa shape index (κ1) is 16.1. The fraction of sp³-hybridized carbons (Fsp3) is 0.133. The molecule has 6 heteroatoms. The van der Waals surface area contributed by atoms with Gasteiger partial charge < -0.3 is 15.7 Å². The van der Waals surface area contributed by atoms with Gasteiger partial charge in [-0.05, 0) is 52.9 Å². The van der Waals surface area contributed by atoms with Crippen LogP contribution in [-0.2, 0) is 0 Å². The number of aliphatic hydroxyl groups excluding tert-OH is 1. The normalized spacial score (nSPS) is 10.4. The Morgan fingerprint density at radius 2 is 2.00 bits per heavy atom. The van der Waals surface area contributed by atoms with Gasteiger partial charge in [-0.1, -0.05) is 23.7 Å². The maximum atomic E-state index is 12.8. The third kappa shape index (κ3) is 3.66. The summed E-state index contributed by atoms with van der Waals surface area (Å²) in [6.45, 7) is 0.00680. The maximum Gasteiger partial charge on any atom is 0.259 e. The van der Waals surface area contributed by atoms with E-state index in [2.05, 4.69) is 22.6 Å². The molecule has 0 aromatic heterocycles. The summed E-state index contributed by atoms with van der Waals surface area (Å²) in [6.07, 6.45) is 0. The predicted molar refractivity (Wildman–Crippen MR) is 93.8 cm³/mol. The number of anilines is 2. The van der Waals surface area contributed by atoms with Crippen LogP contribution in [0.3, 0.4) is 0 Å². The molecular weight excluding hydrogens is 403 g/mol. The fourth-order valence-corrected chi connectivity index (χ4v) is 2.71. The number of hydrogen-bond acceptors (Lipinski definition) is 3. The molecule has 0 unspecified atom stereocenters. The van der Waals surface area contributed by atoms with Gasteiger partial charge in [0.2, 0.25) is 0 Å². The van der Waals surface area contributed by atoms with Crippen molar-refractivity contribution < 1.29 is 9.90 Å². The van der Waals surface area contributed by atoms with Crippen LogP contribution < -0.4 is 10.6 Å². The van der Waals surface area contributed by atoms with Gasteiger partial charge in [0, 0.05) is 15.1 Å². The molecule has 0 aliphatic rings. The molecule has 0 bridgehead atoms. The SMILES string of the molecule is Nc1ccccc1N(CCO)C(=O)c1cc(Cl)ccc1I. The number of amides is 1. The highest BCUT2D eigenvalue weighted by atomic mass is 127. The molecule has 0 atom stereocenters. The van der Waals surface area contributed by atoms with E-state index in [1.54, 1.807) is 42.5 Å². The third-order valence-electron chi connectivity index (χ3n) is 2.96. The summed E-state index contributed by atoms with van der Waals surface area (Å²) >= 11 is 8.05. The second-order valence-corrected chi connectivity index (χ2v) is 5.96. The van der Waals surface area contributed by atoms with Crippen LogP contribution in [0.4, 0.5) is 11.4 Å². The number of carbonyl (C=O) groups excluding carboxylic acids is 1. The minimum absolute atomic E-state index is 0.156. The number of para-hydroxylation sites is 2. The molecule has 1 amide bonds. The summed E-state index contributed by atoms with van der Waals surface area (Å²) in [5.41, 5.74) is 7.48. The highest BCUT2D eigenvalue weighted by Crippen LogP contribution is 2.26. The van der Waals surface area contributed by atoms with Crippen LogP contribution in [0.5, 0.6) is 0 Å². The van der Waals surface area contributed by atoms with E-state index in [1.807, 2.05) is 0 Å². The van der Waals surface area contributed by atoms with Crippen LogP contribution in [0.15, 0.2) is 42.5 Å². The molecular formula is C15H14ClIN2O2. The Bertz CT molecular complexity index is 664.